The van der Waals surface area contributed by atoms with Crippen molar-refractivity contribution >= 4 is 5.78 Å². The number of carbonyl (C=O) groups is 1. The molecule has 90 valence electrons. The average molecular weight is 238 g/mol. The fourth-order valence-corrected chi connectivity index (χ4v) is 2.06. The second-order valence-corrected chi connectivity index (χ2v) is 4.07. The van der Waals surface area contributed by atoms with E-state index in [4.69, 9.17) is 5.26 Å². The summed E-state index contributed by atoms with van der Waals surface area (Å²) in [7, 11) is 0. The number of ketones is 1. The Bertz CT molecular complexity index is 578. The van der Waals surface area contributed by atoms with Gasteiger partial charge in [-0.3, -0.25) is 4.79 Å². The number of rotatable bonds is 4. The molecular weight excluding hydrogens is 224 g/mol. The number of hydrogen-bond acceptors (Lipinski definition) is 2. The highest BCUT2D eigenvalue weighted by Gasteiger charge is 2.21. The molecule has 0 amide bonds. The van der Waals surface area contributed by atoms with Gasteiger partial charge in [0.2, 0.25) is 0 Å². The van der Waals surface area contributed by atoms with E-state index in [1.165, 1.54) is 0 Å². The van der Waals surface area contributed by atoms with Crippen LogP contribution in [0, 0.1) is 11.3 Å². The highest BCUT2D eigenvalue weighted by Crippen LogP contribution is 2.20. The molecule has 0 aliphatic heterocycles. The molecule has 2 aromatic rings. The van der Waals surface area contributed by atoms with Crippen LogP contribution in [0.15, 0.2) is 48.7 Å². The zero-order valence-corrected chi connectivity index (χ0v) is 10.2. The number of benzene rings is 1. The zero-order valence-electron chi connectivity index (χ0n) is 10.2. The van der Waals surface area contributed by atoms with Crippen LogP contribution >= 0.6 is 0 Å². The van der Waals surface area contributed by atoms with Crippen LogP contribution in [-0.4, -0.2) is 10.4 Å². The molecule has 0 spiro atoms. The van der Waals surface area contributed by atoms with Gasteiger partial charge < -0.3 is 4.57 Å². The summed E-state index contributed by atoms with van der Waals surface area (Å²) in [4.78, 5) is 12.4. The molecule has 1 aromatic heterocycles. The van der Waals surface area contributed by atoms with Gasteiger partial charge in [0.05, 0.1) is 6.04 Å². The number of aromatic nitrogens is 1. The molecule has 0 bridgehead atoms. The smallest absolute Gasteiger partial charge is 0.185 e. The van der Waals surface area contributed by atoms with Crippen molar-refractivity contribution in [2.75, 3.05) is 0 Å². The fourth-order valence-electron chi connectivity index (χ4n) is 2.06. The minimum atomic E-state index is -0.308. The lowest BCUT2D eigenvalue weighted by Gasteiger charge is -2.17. The summed E-state index contributed by atoms with van der Waals surface area (Å²) in [6.07, 6.45) is 2.45. The van der Waals surface area contributed by atoms with Crippen molar-refractivity contribution in [2.45, 2.75) is 19.4 Å². The van der Waals surface area contributed by atoms with E-state index in [1.807, 2.05) is 25.1 Å². The second kappa shape index (κ2) is 5.33. The molecular formula is C15H14N2O. The highest BCUT2D eigenvalue weighted by atomic mass is 16.1. The third-order valence-electron chi connectivity index (χ3n) is 2.98. The molecule has 1 heterocycles. The maximum absolute atomic E-state index is 12.4. The molecule has 0 radical (unpaired) electrons. The summed E-state index contributed by atoms with van der Waals surface area (Å²) in [6.45, 7) is 1.95. The lowest BCUT2D eigenvalue weighted by Crippen LogP contribution is -2.19. The van der Waals surface area contributed by atoms with Gasteiger partial charge in [-0.05, 0) is 18.6 Å². The third kappa shape index (κ3) is 2.18. The summed E-state index contributed by atoms with van der Waals surface area (Å²) in [6, 6.07) is 14.5. The molecule has 0 N–H and O–H groups in total. The summed E-state index contributed by atoms with van der Waals surface area (Å²) in [5, 5.41) is 9.02. The Hall–Kier alpha value is -2.34. The van der Waals surface area contributed by atoms with Gasteiger partial charge in [-0.15, -0.1) is 0 Å². The van der Waals surface area contributed by atoms with Crippen LogP contribution in [0.25, 0.3) is 0 Å². The molecule has 1 atom stereocenters. The highest BCUT2D eigenvalue weighted by molar-refractivity contribution is 5.99. The van der Waals surface area contributed by atoms with E-state index in [-0.39, 0.29) is 11.8 Å². The Balaban J connectivity index is 2.36. The Morgan fingerprint density at radius 1 is 1.28 bits per heavy atom. The monoisotopic (exact) mass is 238 g/mol. The maximum Gasteiger partial charge on any atom is 0.185 e. The topological polar surface area (TPSA) is 45.8 Å². The van der Waals surface area contributed by atoms with Crippen LogP contribution in [0.3, 0.4) is 0 Å². The number of nitrogens with zero attached hydrogens (tertiary/aromatic N) is 2. The van der Waals surface area contributed by atoms with Crippen molar-refractivity contribution in [3.05, 3.63) is 59.9 Å². The SMILES string of the molecule is CCC(C(=O)c1ccccc1)n1cccc1C#N. The first-order valence-corrected chi connectivity index (χ1v) is 5.94. The van der Waals surface area contributed by atoms with Crippen molar-refractivity contribution in [3.8, 4) is 6.07 Å². The normalized spacial score (nSPS) is 11.8. The Morgan fingerprint density at radius 2 is 2.00 bits per heavy atom. The molecule has 1 aromatic carbocycles. The van der Waals surface area contributed by atoms with Gasteiger partial charge in [-0.1, -0.05) is 37.3 Å². The van der Waals surface area contributed by atoms with Crippen LogP contribution in [0.1, 0.15) is 35.4 Å². The molecule has 0 saturated carbocycles. The standard InChI is InChI=1S/C15H14N2O/c1-2-14(17-10-6-9-13(17)11-16)15(18)12-7-4-3-5-8-12/h3-10,14H,2H2,1H3. The second-order valence-electron chi connectivity index (χ2n) is 4.07. The predicted molar refractivity (Wildman–Crippen MR) is 69.2 cm³/mol. The van der Waals surface area contributed by atoms with Crippen molar-refractivity contribution < 1.29 is 4.79 Å². The molecule has 2 rings (SSSR count). The Labute approximate surface area is 106 Å². The van der Waals surface area contributed by atoms with E-state index in [2.05, 4.69) is 6.07 Å². The molecule has 0 aliphatic rings. The van der Waals surface area contributed by atoms with Crippen LogP contribution in [0.5, 0.6) is 0 Å². The van der Waals surface area contributed by atoms with E-state index < -0.39 is 0 Å². The lowest BCUT2D eigenvalue weighted by atomic mass is 10.0. The summed E-state index contributed by atoms with van der Waals surface area (Å²) < 4.78 is 1.75. The van der Waals surface area contributed by atoms with E-state index in [0.717, 1.165) is 0 Å². The van der Waals surface area contributed by atoms with Crippen molar-refractivity contribution in [3.63, 3.8) is 0 Å². The largest absolute Gasteiger partial charge is 0.329 e. The van der Waals surface area contributed by atoms with Crippen molar-refractivity contribution in [1.82, 2.24) is 4.57 Å². The molecule has 3 heteroatoms. The van der Waals surface area contributed by atoms with Crippen LogP contribution in [0.2, 0.25) is 0 Å². The van der Waals surface area contributed by atoms with Crippen LogP contribution in [0.4, 0.5) is 0 Å². The zero-order chi connectivity index (χ0) is 13.0. The fraction of sp³-hybridized carbons (Fsp3) is 0.200. The number of nitriles is 1. The number of carbonyl (C=O) groups excluding carboxylic acids is 1. The minimum absolute atomic E-state index is 0.0470. The molecule has 3 nitrogen and oxygen atoms in total. The minimum Gasteiger partial charge on any atom is -0.329 e. The first kappa shape index (κ1) is 12.1. The van der Waals surface area contributed by atoms with Gasteiger partial charge in [0.25, 0.3) is 0 Å². The lowest BCUT2D eigenvalue weighted by molar-refractivity contribution is 0.0922. The van der Waals surface area contributed by atoms with E-state index >= 15 is 0 Å². The average Bonchev–Trinajstić information content (AvgIpc) is 2.89. The summed E-state index contributed by atoms with van der Waals surface area (Å²) >= 11 is 0. The summed E-state index contributed by atoms with van der Waals surface area (Å²) in [5.74, 6) is 0.0470. The molecule has 0 fully saturated rings. The Kier molecular flexibility index (Phi) is 3.59. The van der Waals surface area contributed by atoms with E-state index in [0.29, 0.717) is 17.7 Å². The van der Waals surface area contributed by atoms with Gasteiger partial charge in [-0.25, -0.2) is 0 Å². The van der Waals surface area contributed by atoms with Gasteiger partial charge in [0, 0.05) is 11.8 Å². The molecule has 0 aliphatic carbocycles. The predicted octanol–water partition coefficient (Wildman–Crippen LogP) is 3.19. The third-order valence-corrected chi connectivity index (χ3v) is 2.98. The first-order chi connectivity index (χ1) is 8.77. The van der Waals surface area contributed by atoms with Gasteiger partial charge in [-0.2, -0.15) is 5.26 Å². The number of Topliss-reactive ketones (excluding diaryl/α,β-unsaturated/α-hetero) is 1. The van der Waals surface area contributed by atoms with Gasteiger partial charge >= 0.3 is 0 Å². The van der Waals surface area contributed by atoms with Crippen molar-refractivity contribution in [2.24, 2.45) is 0 Å². The summed E-state index contributed by atoms with van der Waals surface area (Å²) in [5.41, 5.74) is 1.20. The molecule has 1 unspecified atom stereocenters. The van der Waals surface area contributed by atoms with E-state index in [1.54, 1.807) is 35.0 Å². The maximum atomic E-state index is 12.4. The quantitative estimate of drug-likeness (QED) is 0.768. The van der Waals surface area contributed by atoms with Crippen LogP contribution in [-0.2, 0) is 0 Å². The first-order valence-electron chi connectivity index (χ1n) is 5.94. The Morgan fingerprint density at radius 3 is 2.61 bits per heavy atom. The van der Waals surface area contributed by atoms with Crippen LogP contribution < -0.4 is 0 Å². The van der Waals surface area contributed by atoms with Crippen molar-refractivity contribution in [1.29, 1.82) is 5.26 Å². The molecule has 0 saturated heterocycles. The van der Waals surface area contributed by atoms with Gasteiger partial charge in [0.15, 0.2) is 5.78 Å². The number of hydrogen-bond donors (Lipinski definition) is 0. The van der Waals surface area contributed by atoms with Gasteiger partial charge in [0.1, 0.15) is 11.8 Å². The molecule has 18 heavy (non-hydrogen) atoms. The van der Waals surface area contributed by atoms with E-state index in [9.17, 15) is 4.79 Å².